The Hall–Kier alpha value is -2.36. The topological polar surface area (TPSA) is 34.0 Å². The van der Waals surface area contributed by atoms with Crippen LogP contribution >= 0.6 is 0 Å². The largest absolute Gasteiger partial charge is 0.506 e. The molecular weight excluding hydrogens is 214 g/mol. The Kier molecular flexibility index (Phi) is 1.37. The molecule has 0 aliphatic heterocycles. The molecule has 0 aliphatic rings. The highest BCUT2D eigenvalue weighted by Crippen LogP contribution is 2.30. The first-order chi connectivity index (χ1) is 8.27. The summed E-state index contributed by atoms with van der Waals surface area (Å²) in [5.41, 5.74) is 4.30. The first-order valence-electron chi connectivity index (χ1n) is 5.56. The fourth-order valence-corrected chi connectivity index (χ4v) is 2.29. The van der Waals surface area contributed by atoms with Crippen molar-refractivity contribution >= 4 is 11.0 Å². The van der Waals surface area contributed by atoms with Crippen molar-refractivity contribution in [2.75, 3.05) is 0 Å². The van der Waals surface area contributed by atoms with Crippen LogP contribution in [0.15, 0.2) is 42.5 Å². The minimum atomic E-state index is 0.302. The second-order valence-corrected chi connectivity index (χ2v) is 4.35. The molecule has 0 atom stereocenters. The molecule has 0 radical (unpaired) electrons. The van der Waals surface area contributed by atoms with Crippen LogP contribution in [0.25, 0.3) is 16.7 Å². The molecule has 0 fully saturated rings. The molecule has 0 saturated heterocycles. The minimum absolute atomic E-state index is 0.302. The maximum atomic E-state index is 9.89. The van der Waals surface area contributed by atoms with Crippen LogP contribution in [0.5, 0.6) is 5.75 Å². The quantitative estimate of drug-likeness (QED) is 0.530. The number of nitrogens with zero attached hydrogens (tertiary/aromatic N) is 3. The summed E-state index contributed by atoms with van der Waals surface area (Å²) in [6, 6.07) is 13.8. The van der Waals surface area contributed by atoms with Gasteiger partial charge in [-0.3, -0.25) is 0 Å². The number of aryl methyl sites for hydroxylation is 1. The molecule has 2 aromatic heterocycles. The molecule has 0 amide bonds. The molecular formula is C13H11N3O. The van der Waals surface area contributed by atoms with Crippen LogP contribution in [0, 0.1) is 6.92 Å². The highest BCUT2D eigenvalue weighted by molar-refractivity contribution is 5.79. The van der Waals surface area contributed by atoms with Gasteiger partial charge in [0.1, 0.15) is 22.5 Å². The number of phenolic OH excluding ortho intramolecular Hbond substituents is 1. The zero-order chi connectivity index (χ0) is 11.6. The normalized spacial score (nSPS) is 12.1. The van der Waals surface area contributed by atoms with Gasteiger partial charge in [-0.15, -0.1) is 14.1 Å². The van der Waals surface area contributed by atoms with Crippen molar-refractivity contribution in [1.82, 2.24) is 14.1 Å². The molecule has 17 heavy (non-hydrogen) atoms. The molecule has 0 unspecified atom stereocenters. The number of rotatable bonds is 1. The summed E-state index contributed by atoms with van der Waals surface area (Å²) < 4.78 is 4.06. The van der Waals surface area contributed by atoms with E-state index in [2.05, 4.69) is 12.1 Å². The Morgan fingerprint density at radius 3 is 2.24 bits per heavy atom. The monoisotopic (exact) mass is 225 g/mol. The number of aromatic nitrogens is 3. The molecule has 1 N–H and O–H groups in total. The molecule has 4 rings (SSSR count). The van der Waals surface area contributed by atoms with Crippen molar-refractivity contribution < 1.29 is 5.11 Å². The van der Waals surface area contributed by atoms with Gasteiger partial charge in [0.2, 0.25) is 0 Å². The number of hydrogen-bond donors (Lipinski definition) is 1. The van der Waals surface area contributed by atoms with Crippen molar-refractivity contribution in [3.63, 3.8) is 0 Å². The fraction of sp³-hybridized carbons (Fsp3) is 0.0769. The van der Waals surface area contributed by atoms with Gasteiger partial charge in [0.05, 0.1) is 0 Å². The van der Waals surface area contributed by atoms with E-state index in [4.69, 9.17) is 0 Å². The van der Waals surface area contributed by atoms with Gasteiger partial charge in [-0.25, -0.2) is 0 Å². The van der Waals surface area contributed by atoms with Crippen molar-refractivity contribution in [2.24, 2.45) is 0 Å². The third-order valence-electron chi connectivity index (χ3n) is 3.17. The van der Waals surface area contributed by atoms with Crippen molar-refractivity contribution in [2.45, 2.75) is 6.92 Å². The van der Waals surface area contributed by atoms with E-state index < -0.39 is 0 Å². The Bertz CT molecular complexity index is 776. The Balaban J connectivity index is 2.00. The van der Waals surface area contributed by atoms with Crippen molar-refractivity contribution in [3.05, 3.63) is 48.0 Å². The Morgan fingerprint density at radius 2 is 1.59 bits per heavy atom. The van der Waals surface area contributed by atoms with Crippen molar-refractivity contribution in [3.8, 4) is 11.4 Å². The number of phenols is 1. The second-order valence-electron chi connectivity index (χ2n) is 4.35. The molecule has 84 valence electrons. The molecule has 0 spiro atoms. The van der Waals surface area contributed by atoms with Crippen LogP contribution < -0.4 is 0 Å². The molecule has 4 heteroatoms. The Morgan fingerprint density at radius 1 is 0.941 bits per heavy atom. The van der Waals surface area contributed by atoms with Crippen LogP contribution in [0.1, 0.15) is 5.56 Å². The first kappa shape index (κ1) is 8.75. The van der Waals surface area contributed by atoms with Gasteiger partial charge in [-0.1, -0.05) is 18.2 Å². The molecule has 2 aromatic carbocycles. The second kappa shape index (κ2) is 2.66. The summed E-state index contributed by atoms with van der Waals surface area (Å²) in [6.07, 6.45) is 0. The lowest BCUT2D eigenvalue weighted by Crippen LogP contribution is -1.87. The van der Waals surface area contributed by atoms with E-state index in [9.17, 15) is 5.11 Å². The average Bonchev–Trinajstić information content (AvgIpc) is 2.98. The van der Waals surface area contributed by atoms with Crippen LogP contribution in [-0.2, 0) is 0 Å². The SMILES string of the molecule is Cc1ccc(O)c(-n2n3c4ccccc4n23)c1. The summed E-state index contributed by atoms with van der Waals surface area (Å²) in [5.74, 6) is 0.302. The zero-order valence-corrected chi connectivity index (χ0v) is 9.33. The fourth-order valence-electron chi connectivity index (χ4n) is 2.29. The van der Waals surface area contributed by atoms with E-state index in [1.807, 2.05) is 45.2 Å². The number of fused-ring (bicyclic) bond motifs is 4. The van der Waals surface area contributed by atoms with Gasteiger partial charge in [-0.2, -0.15) is 0 Å². The van der Waals surface area contributed by atoms with E-state index >= 15 is 0 Å². The molecule has 0 aliphatic carbocycles. The summed E-state index contributed by atoms with van der Waals surface area (Å²) in [7, 11) is 0. The lowest BCUT2D eigenvalue weighted by Gasteiger charge is -1.99. The van der Waals surface area contributed by atoms with E-state index in [0.717, 1.165) is 11.3 Å². The van der Waals surface area contributed by atoms with Gasteiger partial charge < -0.3 is 5.11 Å². The lowest BCUT2D eigenvalue weighted by atomic mass is 10.2. The average molecular weight is 225 g/mol. The maximum Gasteiger partial charge on any atom is 0.143 e. The van der Waals surface area contributed by atoms with Crippen molar-refractivity contribution in [1.29, 1.82) is 0 Å². The van der Waals surface area contributed by atoms with Gasteiger partial charge >= 0.3 is 0 Å². The highest BCUT2D eigenvalue weighted by atomic mass is 16.3. The number of hydrogen-bond acceptors (Lipinski definition) is 1. The third-order valence-corrected chi connectivity index (χ3v) is 3.17. The van der Waals surface area contributed by atoms with Crippen LogP contribution in [0.4, 0.5) is 0 Å². The van der Waals surface area contributed by atoms with E-state index in [1.54, 1.807) is 6.07 Å². The van der Waals surface area contributed by atoms with E-state index in [0.29, 0.717) is 5.75 Å². The maximum absolute atomic E-state index is 9.89. The van der Waals surface area contributed by atoms with Gasteiger partial charge in [0.15, 0.2) is 0 Å². The summed E-state index contributed by atoms with van der Waals surface area (Å²) >= 11 is 0. The standard InChI is InChI=1S/C13H11N3O/c1-9-6-7-13(17)12(8-9)16-14-10-4-2-3-5-11(10)15(14)16/h2-8,17H,1H3. The molecule has 4 aromatic rings. The third kappa shape index (κ3) is 0.970. The molecule has 0 saturated carbocycles. The van der Waals surface area contributed by atoms with Gasteiger partial charge in [0.25, 0.3) is 0 Å². The minimum Gasteiger partial charge on any atom is -0.506 e. The van der Waals surface area contributed by atoms with Crippen LogP contribution in [-0.4, -0.2) is 19.2 Å². The highest BCUT2D eigenvalue weighted by Gasteiger charge is 2.24. The van der Waals surface area contributed by atoms with Crippen LogP contribution in [0.2, 0.25) is 0 Å². The Labute approximate surface area is 97.2 Å². The zero-order valence-electron chi connectivity index (χ0n) is 9.33. The van der Waals surface area contributed by atoms with Gasteiger partial charge in [0, 0.05) is 0 Å². The molecule has 0 bridgehead atoms. The predicted molar refractivity (Wildman–Crippen MR) is 65.3 cm³/mol. The number of aromatic hydroxyl groups is 1. The smallest absolute Gasteiger partial charge is 0.143 e. The van der Waals surface area contributed by atoms with Gasteiger partial charge in [-0.05, 0) is 36.8 Å². The molecule has 4 nitrogen and oxygen atoms in total. The first-order valence-corrected chi connectivity index (χ1v) is 5.56. The number of benzene rings is 2. The van der Waals surface area contributed by atoms with E-state index in [-0.39, 0.29) is 0 Å². The summed E-state index contributed by atoms with van der Waals surface area (Å²) in [6.45, 7) is 2.02. The number of para-hydroxylation sites is 2. The van der Waals surface area contributed by atoms with E-state index in [1.165, 1.54) is 11.0 Å². The summed E-state index contributed by atoms with van der Waals surface area (Å²) in [5, 5.41) is 9.89. The molecule has 2 heterocycles. The predicted octanol–water partition coefficient (Wildman–Crippen LogP) is 2.43. The lowest BCUT2D eigenvalue weighted by molar-refractivity contribution is 0.471. The van der Waals surface area contributed by atoms with Crippen LogP contribution in [0.3, 0.4) is 0 Å². The summed E-state index contributed by atoms with van der Waals surface area (Å²) in [4.78, 5) is 1.97.